The maximum Gasteiger partial charge on any atom is 0.154 e. The van der Waals surface area contributed by atoms with Crippen LogP contribution in [0.4, 0.5) is 5.82 Å². The van der Waals surface area contributed by atoms with Gasteiger partial charge in [-0.25, -0.2) is 0 Å². The number of aromatic hydroxyl groups is 1. The van der Waals surface area contributed by atoms with Crippen molar-refractivity contribution in [2.24, 2.45) is 0 Å². The van der Waals surface area contributed by atoms with E-state index in [0.29, 0.717) is 22.2 Å². The molecule has 0 unspecified atom stereocenters. The average Bonchev–Trinajstić information content (AvgIpc) is 3.29. The fourth-order valence-electron chi connectivity index (χ4n) is 4.64. The lowest BCUT2D eigenvalue weighted by atomic mass is 9.91. The number of aromatic nitrogens is 2. The first-order valence-corrected chi connectivity index (χ1v) is 9.65. The van der Waals surface area contributed by atoms with Gasteiger partial charge in [-0.3, -0.25) is 0 Å². The van der Waals surface area contributed by atoms with Crippen LogP contribution < -0.4 is 4.90 Å². The van der Waals surface area contributed by atoms with Crippen LogP contribution in [0.5, 0.6) is 5.75 Å². The van der Waals surface area contributed by atoms with Crippen molar-refractivity contribution in [3.05, 3.63) is 35.6 Å². The van der Waals surface area contributed by atoms with Crippen molar-refractivity contribution >= 4 is 16.8 Å². The van der Waals surface area contributed by atoms with Crippen LogP contribution in [0.15, 0.2) is 28.9 Å². The molecule has 1 aliphatic carbocycles. The summed E-state index contributed by atoms with van der Waals surface area (Å²) in [5.74, 6) is 1.07. The second-order valence-electron chi connectivity index (χ2n) is 7.69. The molecule has 6 heteroatoms. The highest BCUT2D eigenvalue weighted by atomic mass is 16.3. The predicted octanol–water partition coefficient (Wildman–Crippen LogP) is 3.57. The molecule has 1 saturated carbocycles. The SMILES string of the molecule is Cc1cc2occc2c(O)c1-c1cc2c(nn1)N([C@@H]1CCCC[C@H]1O)CC2. The Hall–Kier alpha value is -2.60. The number of phenols is 1. The molecule has 6 nitrogen and oxygen atoms in total. The summed E-state index contributed by atoms with van der Waals surface area (Å²) in [6, 6.07) is 5.85. The first-order valence-electron chi connectivity index (χ1n) is 9.65. The second-order valence-corrected chi connectivity index (χ2v) is 7.69. The molecule has 2 N–H and O–H groups in total. The number of rotatable bonds is 2. The molecule has 3 aromatic rings. The molecule has 0 bridgehead atoms. The smallest absolute Gasteiger partial charge is 0.154 e. The van der Waals surface area contributed by atoms with Gasteiger partial charge in [0.2, 0.25) is 0 Å². The number of furan rings is 1. The Labute approximate surface area is 157 Å². The van der Waals surface area contributed by atoms with E-state index in [4.69, 9.17) is 4.42 Å². The van der Waals surface area contributed by atoms with Crippen LogP contribution >= 0.6 is 0 Å². The summed E-state index contributed by atoms with van der Waals surface area (Å²) in [7, 11) is 0. The molecule has 0 saturated heterocycles. The monoisotopic (exact) mass is 365 g/mol. The van der Waals surface area contributed by atoms with Crippen LogP contribution in [-0.2, 0) is 6.42 Å². The predicted molar refractivity (Wildman–Crippen MR) is 103 cm³/mol. The molecule has 140 valence electrons. The summed E-state index contributed by atoms with van der Waals surface area (Å²) in [5.41, 5.74) is 4.08. The van der Waals surface area contributed by atoms with E-state index in [-0.39, 0.29) is 17.9 Å². The maximum absolute atomic E-state index is 10.7. The van der Waals surface area contributed by atoms with Gasteiger partial charge in [-0.15, -0.1) is 10.2 Å². The van der Waals surface area contributed by atoms with Gasteiger partial charge >= 0.3 is 0 Å². The summed E-state index contributed by atoms with van der Waals surface area (Å²) >= 11 is 0. The van der Waals surface area contributed by atoms with Crippen molar-refractivity contribution in [3.63, 3.8) is 0 Å². The molecular weight excluding hydrogens is 342 g/mol. The number of aliphatic hydroxyl groups excluding tert-OH is 1. The zero-order valence-corrected chi connectivity index (χ0v) is 15.4. The van der Waals surface area contributed by atoms with E-state index in [1.807, 2.05) is 19.1 Å². The zero-order valence-electron chi connectivity index (χ0n) is 15.4. The van der Waals surface area contributed by atoms with Crippen molar-refractivity contribution in [2.45, 2.75) is 51.2 Å². The van der Waals surface area contributed by atoms with Gasteiger partial charge in [0.1, 0.15) is 11.3 Å². The number of aryl methyl sites for hydroxylation is 1. The standard InChI is InChI=1S/C21H23N3O3/c1-12-10-18-14(7-9-27-18)20(26)19(12)15-11-13-6-8-24(21(13)23-22-15)16-4-2-3-5-17(16)25/h7,9-11,16-17,25-26H,2-6,8H2,1H3/t16-,17-/m1/s1. The van der Waals surface area contributed by atoms with E-state index in [0.717, 1.165) is 55.6 Å². The van der Waals surface area contributed by atoms with Crippen molar-refractivity contribution < 1.29 is 14.6 Å². The minimum absolute atomic E-state index is 0.137. The Kier molecular flexibility index (Phi) is 3.82. The van der Waals surface area contributed by atoms with E-state index in [9.17, 15) is 10.2 Å². The first kappa shape index (κ1) is 16.6. The van der Waals surface area contributed by atoms with Crippen LogP contribution in [0.3, 0.4) is 0 Å². The Morgan fingerprint density at radius 1 is 1.19 bits per heavy atom. The molecule has 1 fully saturated rings. The number of aliphatic hydroxyl groups is 1. The quantitative estimate of drug-likeness (QED) is 0.722. The number of hydrogen-bond donors (Lipinski definition) is 2. The summed E-state index contributed by atoms with van der Waals surface area (Å²) in [4.78, 5) is 2.22. The molecule has 5 rings (SSSR count). The molecule has 2 atom stereocenters. The molecule has 2 aliphatic rings. The molecule has 27 heavy (non-hydrogen) atoms. The van der Waals surface area contributed by atoms with Gasteiger partial charge in [0, 0.05) is 17.7 Å². The number of nitrogens with zero attached hydrogens (tertiary/aromatic N) is 3. The third kappa shape index (κ3) is 2.58. The van der Waals surface area contributed by atoms with Crippen LogP contribution in [-0.4, -0.2) is 39.1 Å². The fraction of sp³-hybridized carbons (Fsp3) is 0.429. The number of anilines is 1. The highest BCUT2D eigenvalue weighted by Gasteiger charge is 2.34. The van der Waals surface area contributed by atoms with Crippen molar-refractivity contribution in [2.75, 3.05) is 11.4 Å². The highest BCUT2D eigenvalue weighted by molar-refractivity contribution is 5.93. The molecule has 2 aromatic heterocycles. The fourth-order valence-corrected chi connectivity index (χ4v) is 4.64. The highest BCUT2D eigenvalue weighted by Crippen LogP contribution is 2.40. The maximum atomic E-state index is 10.7. The van der Waals surface area contributed by atoms with E-state index in [2.05, 4.69) is 15.1 Å². The molecule has 0 amide bonds. The van der Waals surface area contributed by atoms with Gasteiger partial charge in [-0.05, 0) is 49.9 Å². The third-order valence-electron chi connectivity index (χ3n) is 6.02. The molecule has 0 spiro atoms. The van der Waals surface area contributed by atoms with E-state index < -0.39 is 0 Å². The lowest BCUT2D eigenvalue weighted by Gasteiger charge is -2.36. The Bertz CT molecular complexity index is 1010. The summed E-state index contributed by atoms with van der Waals surface area (Å²) in [6.07, 6.45) is 6.28. The largest absolute Gasteiger partial charge is 0.506 e. The zero-order chi connectivity index (χ0) is 18.5. The van der Waals surface area contributed by atoms with Gasteiger partial charge in [-0.1, -0.05) is 12.8 Å². The molecule has 1 aromatic carbocycles. The van der Waals surface area contributed by atoms with Gasteiger partial charge in [-0.2, -0.15) is 0 Å². The van der Waals surface area contributed by atoms with Gasteiger partial charge < -0.3 is 19.5 Å². The lowest BCUT2D eigenvalue weighted by molar-refractivity contribution is 0.104. The van der Waals surface area contributed by atoms with Crippen LogP contribution in [0.1, 0.15) is 36.8 Å². The van der Waals surface area contributed by atoms with Gasteiger partial charge in [0.05, 0.1) is 29.5 Å². The Balaban J connectivity index is 1.54. The normalized spacial score (nSPS) is 22.4. The topological polar surface area (TPSA) is 82.6 Å². The second kappa shape index (κ2) is 6.23. The summed E-state index contributed by atoms with van der Waals surface area (Å²) in [6.45, 7) is 2.80. The van der Waals surface area contributed by atoms with Crippen LogP contribution in [0.25, 0.3) is 22.2 Å². The van der Waals surface area contributed by atoms with Crippen molar-refractivity contribution in [3.8, 4) is 17.0 Å². The lowest BCUT2D eigenvalue weighted by Crippen LogP contribution is -2.45. The number of fused-ring (bicyclic) bond motifs is 2. The number of benzene rings is 1. The minimum atomic E-state index is -0.291. The van der Waals surface area contributed by atoms with Gasteiger partial charge in [0.25, 0.3) is 0 Å². The third-order valence-corrected chi connectivity index (χ3v) is 6.02. The van der Waals surface area contributed by atoms with Crippen LogP contribution in [0.2, 0.25) is 0 Å². The van der Waals surface area contributed by atoms with Crippen molar-refractivity contribution in [1.29, 1.82) is 0 Å². The Morgan fingerprint density at radius 3 is 2.89 bits per heavy atom. The average molecular weight is 365 g/mol. The minimum Gasteiger partial charge on any atom is -0.506 e. The Morgan fingerprint density at radius 2 is 2.04 bits per heavy atom. The van der Waals surface area contributed by atoms with Gasteiger partial charge in [0.15, 0.2) is 5.82 Å². The molecule has 0 radical (unpaired) electrons. The summed E-state index contributed by atoms with van der Waals surface area (Å²) in [5, 5.41) is 30.8. The van der Waals surface area contributed by atoms with Crippen LogP contribution in [0, 0.1) is 6.92 Å². The molecular formula is C21H23N3O3. The molecule has 3 heterocycles. The number of hydrogen-bond acceptors (Lipinski definition) is 6. The van der Waals surface area contributed by atoms with E-state index in [1.54, 1.807) is 12.3 Å². The van der Waals surface area contributed by atoms with Crippen molar-refractivity contribution in [1.82, 2.24) is 10.2 Å². The molecule has 1 aliphatic heterocycles. The number of phenolic OH excluding ortho intramolecular Hbond substituents is 1. The van der Waals surface area contributed by atoms with E-state index >= 15 is 0 Å². The first-order chi connectivity index (χ1) is 13.1. The summed E-state index contributed by atoms with van der Waals surface area (Å²) < 4.78 is 5.41. The van der Waals surface area contributed by atoms with E-state index in [1.165, 1.54) is 0 Å².